The van der Waals surface area contributed by atoms with Crippen molar-refractivity contribution in [1.82, 2.24) is 4.90 Å². The number of hydrogen-bond donors (Lipinski definition) is 0. The van der Waals surface area contributed by atoms with Crippen LogP contribution in [0.5, 0.6) is 0 Å². The summed E-state index contributed by atoms with van der Waals surface area (Å²) in [6.45, 7) is 7.87. The number of nitrogens with zero attached hydrogens (tertiary/aromatic N) is 1. The van der Waals surface area contributed by atoms with Crippen molar-refractivity contribution < 1.29 is 13.3 Å². The zero-order chi connectivity index (χ0) is 14.1. The third-order valence-electron chi connectivity index (χ3n) is 3.58. The van der Waals surface area contributed by atoms with Crippen LogP contribution in [0.4, 0.5) is 0 Å². The molecule has 0 aliphatic heterocycles. The van der Waals surface area contributed by atoms with Crippen molar-refractivity contribution >= 4 is 8.80 Å². The molecule has 0 aromatic carbocycles. The lowest BCUT2D eigenvalue weighted by Gasteiger charge is -2.36. The van der Waals surface area contributed by atoms with E-state index < -0.39 is 8.80 Å². The quantitative estimate of drug-likeness (QED) is 0.610. The molecule has 0 saturated heterocycles. The maximum absolute atomic E-state index is 5.88. The van der Waals surface area contributed by atoms with Crippen molar-refractivity contribution in [3.05, 3.63) is 7.05 Å². The summed E-state index contributed by atoms with van der Waals surface area (Å²) < 4.78 is 17.7. The summed E-state index contributed by atoms with van der Waals surface area (Å²) in [5, 5.41) is 0. The lowest BCUT2D eigenvalue weighted by atomic mass is 9.95. The van der Waals surface area contributed by atoms with Crippen LogP contribution < -0.4 is 0 Å². The molecule has 19 heavy (non-hydrogen) atoms. The molecule has 0 N–H and O–H groups in total. The van der Waals surface area contributed by atoms with E-state index in [2.05, 4.69) is 11.9 Å². The molecular weight excluding hydrogens is 258 g/mol. The Labute approximate surface area is 119 Å². The second-order valence-corrected chi connectivity index (χ2v) is 7.57. The van der Waals surface area contributed by atoms with E-state index in [0.717, 1.165) is 0 Å². The van der Waals surface area contributed by atoms with Crippen LogP contribution in [-0.2, 0) is 13.3 Å². The molecule has 0 bridgehead atoms. The van der Waals surface area contributed by atoms with Crippen LogP contribution in [0.25, 0.3) is 0 Å². The molecule has 0 unspecified atom stereocenters. The molecular formula is C14H30NO3Si. The zero-order valence-electron chi connectivity index (χ0n) is 12.8. The molecule has 0 aromatic rings. The molecule has 0 aromatic heterocycles. The van der Waals surface area contributed by atoms with Crippen LogP contribution in [0.3, 0.4) is 0 Å². The van der Waals surface area contributed by atoms with E-state index in [0.29, 0.717) is 32.0 Å². The minimum atomic E-state index is -2.58. The minimum absolute atomic E-state index is 0.557. The first-order valence-corrected chi connectivity index (χ1v) is 9.59. The summed E-state index contributed by atoms with van der Waals surface area (Å²) in [5.41, 5.74) is 0. The average Bonchev–Trinajstić information content (AvgIpc) is 2.40. The fourth-order valence-electron chi connectivity index (χ4n) is 2.75. The lowest BCUT2D eigenvalue weighted by Crippen LogP contribution is -2.56. The highest BCUT2D eigenvalue weighted by Crippen LogP contribution is 2.24. The molecule has 1 fully saturated rings. The molecule has 1 saturated carbocycles. The topological polar surface area (TPSA) is 30.9 Å². The SMILES string of the molecule is [CH2]N(C[Si](OCC)(OCC)OCC)C1CCCCC1. The fraction of sp³-hybridized carbons (Fsp3) is 0.929. The first kappa shape index (κ1) is 17.1. The number of rotatable bonds is 9. The molecule has 1 rings (SSSR count). The van der Waals surface area contributed by atoms with E-state index >= 15 is 0 Å². The summed E-state index contributed by atoms with van der Waals surface area (Å²) in [4.78, 5) is 2.16. The van der Waals surface area contributed by atoms with Crippen LogP contribution in [0.2, 0.25) is 0 Å². The van der Waals surface area contributed by atoms with Gasteiger partial charge in [0.05, 0.1) is 6.17 Å². The van der Waals surface area contributed by atoms with Crippen LogP contribution in [0.1, 0.15) is 52.9 Å². The molecule has 1 aliphatic rings. The van der Waals surface area contributed by atoms with E-state index in [1.54, 1.807) is 0 Å². The minimum Gasteiger partial charge on any atom is -0.373 e. The summed E-state index contributed by atoms with van der Waals surface area (Å²) >= 11 is 0. The predicted molar refractivity (Wildman–Crippen MR) is 79.6 cm³/mol. The van der Waals surface area contributed by atoms with E-state index in [1.165, 1.54) is 32.1 Å². The second kappa shape index (κ2) is 9.08. The van der Waals surface area contributed by atoms with Gasteiger partial charge in [0.15, 0.2) is 0 Å². The smallest absolute Gasteiger partial charge is 0.373 e. The van der Waals surface area contributed by atoms with Gasteiger partial charge in [-0.3, -0.25) is 4.90 Å². The first-order valence-electron chi connectivity index (χ1n) is 7.66. The highest BCUT2D eigenvalue weighted by atomic mass is 28.4. The molecule has 0 atom stereocenters. The van der Waals surface area contributed by atoms with Gasteiger partial charge in [-0.15, -0.1) is 0 Å². The predicted octanol–water partition coefficient (Wildman–Crippen LogP) is 3.00. The van der Waals surface area contributed by atoms with Gasteiger partial charge in [0, 0.05) is 32.9 Å². The standard InChI is InChI=1S/C14H30NO3Si/c1-5-16-19(17-6-2,18-7-3)13-15(4)14-11-9-8-10-12-14/h14H,4-13H2,1-3H3. The number of hydrogen-bond acceptors (Lipinski definition) is 4. The van der Waals surface area contributed by atoms with Gasteiger partial charge in [0.25, 0.3) is 0 Å². The Balaban J connectivity index is 2.62. The Morgan fingerprint density at radius 1 is 0.947 bits per heavy atom. The normalized spacial score (nSPS) is 18.2. The maximum atomic E-state index is 5.88. The summed E-state index contributed by atoms with van der Waals surface area (Å²) in [5.74, 6) is 0. The highest BCUT2D eigenvalue weighted by Gasteiger charge is 2.43. The third-order valence-corrected chi connectivity index (χ3v) is 6.56. The average molecular weight is 288 g/mol. The summed E-state index contributed by atoms with van der Waals surface area (Å²) in [6, 6.07) is 0.557. The fourth-order valence-corrected chi connectivity index (χ4v) is 5.34. The van der Waals surface area contributed by atoms with Gasteiger partial charge < -0.3 is 13.3 Å². The maximum Gasteiger partial charge on any atom is 0.515 e. The van der Waals surface area contributed by atoms with Crippen molar-refractivity contribution in [1.29, 1.82) is 0 Å². The molecule has 113 valence electrons. The Morgan fingerprint density at radius 2 is 1.42 bits per heavy atom. The van der Waals surface area contributed by atoms with Crippen LogP contribution in [0, 0.1) is 7.05 Å². The Morgan fingerprint density at radius 3 is 1.84 bits per heavy atom. The highest BCUT2D eigenvalue weighted by molar-refractivity contribution is 6.60. The van der Waals surface area contributed by atoms with Gasteiger partial charge in [-0.1, -0.05) is 19.3 Å². The van der Waals surface area contributed by atoms with Gasteiger partial charge >= 0.3 is 8.80 Å². The molecule has 0 spiro atoms. The van der Waals surface area contributed by atoms with Gasteiger partial charge in [0.1, 0.15) is 0 Å². The third kappa shape index (κ3) is 5.51. The van der Waals surface area contributed by atoms with Crippen LogP contribution in [0.15, 0.2) is 0 Å². The summed E-state index contributed by atoms with van der Waals surface area (Å²) in [6.07, 6.45) is 7.14. The molecule has 0 heterocycles. The van der Waals surface area contributed by atoms with Crippen LogP contribution in [-0.4, -0.2) is 45.7 Å². The zero-order valence-corrected chi connectivity index (χ0v) is 13.8. The van der Waals surface area contributed by atoms with Crippen molar-refractivity contribution in [3.8, 4) is 0 Å². The van der Waals surface area contributed by atoms with Crippen molar-refractivity contribution in [2.75, 3.05) is 26.0 Å². The first-order chi connectivity index (χ1) is 9.17. The van der Waals surface area contributed by atoms with Gasteiger partial charge in [-0.2, -0.15) is 0 Å². The monoisotopic (exact) mass is 288 g/mol. The van der Waals surface area contributed by atoms with Crippen molar-refractivity contribution in [2.45, 2.75) is 58.9 Å². The molecule has 0 amide bonds. The molecule has 5 heteroatoms. The Bertz CT molecular complexity index is 218. The van der Waals surface area contributed by atoms with Gasteiger partial charge in [-0.25, -0.2) is 0 Å². The van der Waals surface area contributed by atoms with E-state index in [4.69, 9.17) is 13.3 Å². The summed E-state index contributed by atoms with van der Waals surface area (Å²) in [7, 11) is 1.64. The van der Waals surface area contributed by atoms with E-state index in [9.17, 15) is 0 Å². The van der Waals surface area contributed by atoms with Crippen molar-refractivity contribution in [2.24, 2.45) is 0 Å². The second-order valence-electron chi connectivity index (χ2n) is 5.02. The molecule has 4 nitrogen and oxygen atoms in total. The van der Waals surface area contributed by atoms with Crippen molar-refractivity contribution in [3.63, 3.8) is 0 Å². The van der Waals surface area contributed by atoms with Gasteiger partial charge in [-0.05, 0) is 33.6 Å². The van der Waals surface area contributed by atoms with Crippen LogP contribution >= 0.6 is 0 Å². The van der Waals surface area contributed by atoms with Gasteiger partial charge in [0.2, 0.25) is 0 Å². The lowest BCUT2D eigenvalue weighted by molar-refractivity contribution is 0.0548. The Kier molecular flexibility index (Phi) is 8.17. The molecule has 1 aliphatic carbocycles. The van der Waals surface area contributed by atoms with E-state index in [1.807, 2.05) is 20.8 Å². The molecule has 1 radical (unpaired) electrons. The Hall–Kier alpha value is 0.0569. The van der Waals surface area contributed by atoms with E-state index in [-0.39, 0.29) is 0 Å². The largest absolute Gasteiger partial charge is 0.515 e.